The summed E-state index contributed by atoms with van der Waals surface area (Å²) in [5.41, 5.74) is 2.74. The molecule has 2 heterocycles. The average molecular weight is 177 g/mol. The Labute approximate surface area is 78.0 Å². The zero-order chi connectivity index (χ0) is 8.67. The van der Waals surface area contributed by atoms with E-state index >= 15 is 0 Å². The van der Waals surface area contributed by atoms with E-state index in [1.165, 1.54) is 42.9 Å². The molecule has 1 saturated heterocycles. The van der Waals surface area contributed by atoms with Gasteiger partial charge < -0.3 is 10.3 Å². The first-order valence-corrected chi connectivity index (χ1v) is 5.22. The van der Waals surface area contributed by atoms with Crippen LogP contribution >= 0.6 is 0 Å². The molecule has 3 nitrogen and oxygen atoms in total. The van der Waals surface area contributed by atoms with Crippen molar-refractivity contribution in [1.29, 1.82) is 0 Å². The fourth-order valence-corrected chi connectivity index (χ4v) is 2.40. The highest BCUT2D eigenvalue weighted by Gasteiger charge is 2.23. The molecular formula is C10H15N3. The van der Waals surface area contributed by atoms with Crippen molar-refractivity contribution in [3.8, 4) is 0 Å². The van der Waals surface area contributed by atoms with Gasteiger partial charge >= 0.3 is 0 Å². The largest absolute Gasteiger partial charge is 0.345 e. The molecule has 3 heteroatoms. The topological polar surface area (TPSA) is 40.7 Å². The Hall–Kier alpha value is -0.830. The third-order valence-electron chi connectivity index (χ3n) is 3.17. The first kappa shape index (κ1) is 7.56. The molecule has 2 aliphatic rings. The van der Waals surface area contributed by atoms with Gasteiger partial charge in [-0.3, -0.25) is 0 Å². The summed E-state index contributed by atoms with van der Waals surface area (Å²) in [4.78, 5) is 8.16. The molecule has 0 radical (unpaired) electrons. The van der Waals surface area contributed by atoms with Crippen LogP contribution in [0.4, 0.5) is 0 Å². The number of aromatic amines is 1. The van der Waals surface area contributed by atoms with E-state index in [2.05, 4.69) is 15.3 Å². The maximum atomic E-state index is 4.68. The number of nitrogens with one attached hydrogen (secondary N) is 2. The minimum atomic E-state index is 0.644. The van der Waals surface area contributed by atoms with Gasteiger partial charge in [-0.2, -0.15) is 0 Å². The smallest absolute Gasteiger partial charge is 0.111 e. The molecule has 1 aliphatic heterocycles. The highest BCUT2D eigenvalue weighted by molar-refractivity contribution is 5.21. The molecule has 0 aromatic carbocycles. The summed E-state index contributed by atoms with van der Waals surface area (Å²) in [6, 6.07) is 0. The summed E-state index contributed by atoms with van der Waals surface area (Å²) in [6.07, 6.45) is 4.93. The Kier molecular flexibility index (Phi) is 1.65. The van der Waals surface area contributed by atoms with Crippen LogP contribution in [0.2, 0.25) is 0 Å². The van der Waals surface area contributed by atoms with E-state index in [1.807, 2.05) is 0 Å². The number of rotatable bonds is 1. The third kappa shape index (κ3) is 1.18. The molecule has 0 bridgehead atoms. The van der Waals surface area contributed by atoms with Crippen molar-refractivity contribution in [1.82, 2.24) is 15.3 Å². The normalized spacial score (nSPS) is 26.6. The number of fused-ring (bicyclic) bond motifs is 1. The van der Waals surface area contributed by atoms with Gasteiger partial charge in [-0.15, -0.1) is 0 Å². The molecule has 70 valence electrons. The first-order chi connectivity index (χ1) is 6.43. The quantitative estimate of drug-likeness (QED) is 0.671. The second kappa shape index (κ2) is 2.84. The highest BCUT2D eigenvalue weighted by atomic mass is 15.0. The fourth-order valence-electron chi connectivity index (χ4n) is 2.40. The van der Waals surface area contributed by atoms with Crippen molar-refractivity contribution in [3.05, 3.63) is 17.2 Å². The number of aryl methyl sites for hydroxylation is 2. The lowest BCUT2D eigenvalue weighted by Crippen LogP contribution is -2.09. The van der Waals surface area contributed by atoms with Crippen molar-refractivity contribution in [2.45, 2.75) is 31.6 Å². The summed E-state index contributed by atoms with van der Waals surface area (Å²) < 4.78 is 0. The van der Waals surface area contributed by atoms with Gasteiger partial charge in [0, 0.05) is 18.2 Å². The van der Waals surface area contributed by atoms with Gasteiger partial charge in [0.25, 0.3) is 0 Å². The Morgan fingerprint density at radius 1 is 1.31 bits per heavy atom. The zero-order valence-electron chi connectivity index (χ0n) is 7.77. The van der Waals surface area contributed by atoms with Crippen LogP contribution in [-0.4, -0.2) is 23.1 Å². The van der Waals surface area contributed by atoms with Gasteiger partial charge in [-0.25, -0.2) is 4.98 Å². The summed E-state index contributed by atoms with van der Waals surface area (Å²) in [6.45, 7) is 2.25. The molecule has 0 saturated carbocycles. The summed E-state index contributed by atoms with van der Waals surface area (Å²) in [5, 5.41) is 3.38. The fraction of sp³-hybridized carbons (Fsp3) is 0.700. The second-order valence-corrected chi connectivity index (χ2v) is 4.09. The van der Waals surface area contributed by atoms with Gasteiger partial charge in [0.05, 0.1) is 5.69 Å². The molecule has 1 aliphatic carbocycles. The number of hydrogen-bond acceptors (Lipinski definition) is 2. The molecule has 0 spiro atoms. The second-order valence-electron chi connectivity index (χ2n) is 4.09. The average Bonchev–Trinajstić information content (AvgIpc) is 2.78. The van der Waals surface area contributed by atoms with E-state index < -0.39 is 0 Å². The number of imidazole rings is 1. The predicted octanol–water partition coefficient (Wildman–Crippen LogP) is 0.975. The summed E-state index contributed by atoms with van der Waals surface area (Å²) >= 11 is 0. The molecule has 1 atom stereocenters. The van der Waals surface area contributed by atoms with Gasteiger partial charge in [0.1, 0.15) is 5.82 Å². The molecular weight excluding hydrogens is 162 g/mol. The van der Waals surface area contributed by atoms with Crippen LogP contribution < -0.4 is 5.32 Å². The van der Waals surface area contributed by atoms with Crippen molar-refractivity contribution in [2.75, 3.05) is 13.1 Å². The zero-order valence-corrected chi connectivity index (χ0v) is 7.77. The Morgan fingerprint density at radius 2 is 2.31 bits per heavy atom. The standard InChI is InChI=1S/C10H15N3/c1-2-8-9(3-1)13-10(12-8)7-4-5-11-6-7/h7,11H,1-6H2,(H,12,13). The summed E-state index contributed by atoms with van der Waals surface area (Å²) in [5.74, 6) is 1.88. The molecule has 13 heavy (non-hydrogen) atoms. The molecule has 1 unspecified atom stereocenters. The maximum Gasteiger partial charge on any atom is 0.111 e. The first-order valence-electron chi connectivity index (χ1n) is 5.22. The van der Waals surface area contributed by atoms with E-state index in [-0.39, 0.29) is 0 Å². The van der Waals surface area contributed by atoms with Gasteiger partial charge in [0.15, 0.2) is 0 Å². The summed E-state index contributed by atoms with van der Waals surface area (Å²) in [7, 11) is 0. The lowest BCUT2D eigenvalue weighted by Gasteiger charge is -2.03. The van der Waals surface area contributed by atoms with Crippen molar-refractivity contribution >= 4 is 0 Å². The van der Waals surface area contributed by atoms with E-state index in [4.69, 9.17) is 0 Å². The molecule has 1 fully saturated rings. The van der Waals surface area contributed by atoms with Crippen LogP contribution in [-0.2, 0) is 12.8 Å². The van der Waals surface area contributed by atoms with Crippen LogP contribution in [0, 0.1) is 0 Å². The number of nitrogens with zero attached hydrogens (tertiary/aromatic N) is 1. The third-order valence-corrected chi connectivity index (χ3v) is 3.17. The van der Waals surface area contributed by atoms with E-state index in [0.717, 1.165) is 13.1 Å². The number of H-pyrrole nitrogens is 1. The lowest BCUT2D eigenvalue weighted by molar-refractivity contribution is 0.701. The van der Waals surface area contributed by atoms with Crippen LogP contribution in [0.1, 0.15) is 36.0 Å². The molecule has 3 rings (SSSR count). The van der Waals surface area contributed by atoms with Gasteiger partial charge in [-0.1, -0.05) is 0 Å². The predicted molar refractivity (Wildman–Crippen MR) is 50.8 cm³/mol. The minimum absolute atomic E-state index is 0.644. The van der Waals surface area contributed by atoms with Crippen LogP contribution in [0.5, 0.6) is 0 Å². The molecule has 1 aromatic rings. The number of hydrogen-bond donors (Lipinski definition) is 2. The van der Waals surface area contributed by atoms with Crippen molar-refractivity contribution < 1.29 is 0 Å². The van der Waals surface area contributed by atoms with Crippen LogP contribution in [0.15, 0.2) is 0 Å². The van der Waals surface area contributed by atoms with Crippen LogP contribution in [0.3, 0.4) is 0 Å². The maximum absolute atomic E-state index is 4.68. The van der Waals surface area contributed by atoms with Crippen molar-refractivity contribution in [2.24, 2.45) is 0 Å². The number of aromatic nitrogens is 2. The molecule has 1 aromatic heterocycles. The van der Waals surface area contributed by atoms with E-state index in [9.17, 15) is 0 Å². The van der Waals surface area contributed by atoms with Gasteiger partial charge in [0.2, 0.25) is 0 Å². The van der Waals surface area contributed by atoms with Crippen LogP contribution in [0.25, 0.3) is 0 Å². The minimum Gasteiger partial charge on any atom is -0.345 e. The Bertz CT molecular complexity index is 288. The van der Waals surface area contributed by atoms with Gasteiger partial charge in [-0.05, 0) is 32.2 Å². The molecule has 2 N–H and O–H groups in total. The van der Waals surface area contributed by atoms with E-state index in [1.54, 1.807) is 0 Å². The highest BCUT2D eigenvalue weighted by Crippen LogP contribution is 2.25. The molecule has 0 amide bonds. The Balaban J connectivity index is 1.88. The monoisotopic (exact) mass is 177 g/mol. The lowest BCUT2D eigenvalue weighted by atomic mass is 10.1. The van der Waals surface area contributed by atoms with Crippen molar-refractivity contribution in [3.63, 3.8) is 0 Å². The van der Waals surface area contributed by atoms with E-state index in [0.29, 0.717) is 5.92 Å². The Morgan fingerprint density at radius 3 is 3.08 bits per heavy atom. The SMILES string of the molecule is C1Cc2nc(C3CCNC3)[nH]c2C1.